The molecular weight excluding hydrogens is 258 g/mol. The summed E-state index contributed by atoms with van der Waals surface area (Å²) in [5, 5.41) is 3.49. The van der Waals surface area contributed by atoms with Crippen LogP contribution in [0.3, 0.4) is 0 Å². The molecule has 1 N–H and O–H groups in total. The van der Waals surface area contributed by atoms with E-state index in [2.05, 4.69) is 63.5 Å². The predicted molar refractivity (Wildman–Crippen MR) is 92.9 cm³/mol. The van der Waals surface area contributed by atoms with Crippen LogP contribution in [0.1, 0.15) is 52.3 Å². The Morgan fingerprint density at radius 3 is 2.57 bits per heavy atom. The van der Waals surface area contributed by atoms with Crippen LogP contribution in [-0.4, -0.2) is 24.1 Å². The smallest absolute Gasteiger partial charge is 0.129 e. The molecule has 0 aliphatic rings. The Balaban J connectivity index is 3.01. The quantitative estimate of drug-likeness (QED) is 0.698. The molecule has 0 radical (unpaired) electrons. The summed E-state index contributed by atoms with van der Waals surface area (Å²) in [7, 11) is 0. The molecule has 1 aromatic heterocycles. The van der Waals surface area contributed by atoms with Crippen molar-refractivity contribution >= 4 is 5.82 Å². The highest BCUT2D eigenvalue weighted by molar-refractivity contribution is 5.44. The minimum atomic E-state index is 0.494. The molecule has 3 heteroatoms. The van der Waals surface area contributed by atoms with E-state index in [-0.39, 0.29) is 0 Å². The highest BCUT2D eigenvalue weighted by Crippen LogP contribution is 2.17. The second kappa shape index (κ2) is 8.83. The number of aryl methyl sites for hydroxylation is 1. The van der Waals surface area contributed by atoms with Gasteiger partial charge in [0.15, 0.2) is 0 Å². The minimum absolute atomic E-state index is 0.494. The Morgan fingerprint density at radius 1 is 1.33 bits per heavy atom. The SMILES string of the molecule is C=C(C)CN(CC)c1cc(CNC(C)C)cc(CCC)n1. The van der Waals surface area contributed by atoms with Gasteiger partial charge in [-0.1, -0.05) is 39.3 Å². The molecule has 118 valence electrons. The summed E-state index contributed by atoms with van der Waals surface area (Å²) in [6.07, 6.45) is 2.16. The second-order valence-electron chi connectivity index (χ2n) is 6.08. The molecule has 0 atom stereocenters. The van der Waals surface area contributed by atoms with E-state index >= 15 is 0 Å². The van der Waals surface area contributed by atoms with Gasteiger partial charge in [0.05, 0.1) is 0 Å². The summed E-state index contributed by atoms with van der Waals surface area (Å²) in [6.45, 7) is 17.5. The number of likely N-dealkylation sites (N-methyl/N-ethyl adjacent to an activating group) is 1. The summed E-state index contributed by atoms with van der Waals surface area (Å²) in [5.74, 6) is 1.08. The van der Waals surface area contributed by atoms with Crippen LogP contribution in [0.15, 0.2) is 24.3 Å². The zero-order chi connectivity index (χ0) is 15.8. The van der Waals surface area contributed by atoms with Crippen LogP contribution in [0, 0.1) is 0 Å². The van der Waals surface area contributed by atoms with Crippen molar-refractivity contribution in [3.8, 4) is 0 Å². The third-order valence-electron chi connectivity index (χ3n) is 3.31. The van der Waals surface area contributed by atoms with Gasteiger partial charge < -0.3 is 10.2 Å². The van der Waals surface area contributed by atoms with E-state index < -0.39 is 0 Å². The fourth-order valence-electron chi connectivity index (χ4n) is 2.28. The maximum absolute atomic E-state index is 4.83. The maximum Gasteiger partial charge on any atom is 0.129 e. The van der Waals surface area contributed by atoms with E-state index in [1.165, 1.54) is 16.8 Å². The van der Waals surface area contributed by atoms with Gasteiger partial charge in [-0.05, 0) is 38.0 Å². The Kier molecular flexibility index (Phi) is 7.44. The molecule has 0 saturated heterocycles. The molecule has 21 heavy (non-hydrogen) atoms. The number of hydrogen-bond acceptors (Lipinski definition) is 3. The van der Waals surface area contributed by atoms with Gasteiger partial charge in [-0.25, -0.2) is 4.98 Å². The number of hydrogen-bond donors (Lipinski definition) is 1. The van der Waals surface area contributed by atoms with Crippen LogP contribution >= 0.6 is 0 Å². The van der Waals surface area contributed by atoms with Crippen molar-refractivity contribution in [3.05, 3.63) is 35.5 Å². The lowest BCUT2D eigenvalue weighted by molar-refractivity contribution is 0.588. The van der Waals surface area contributed by atoms with Crippen molar-refractivity contribution < 1.29 is 0 Å². The first-order valence-electron chi connectivity index (χ1n) is 8.08. The molecule has 0 aliphatic heterocycles. The highest BCUT2D eigenvalue weighted by atomic mass is 15.2. The second-order valence-corrected chi connectivity index (χ2v) is 6.08. The molecule has 0 bridgehead atoms. The van der Waals surface area contributed by atoms with Gasteiger partial charge in [0.1, 0.15) is 5.82 Å². The molecule has 0 aromatic carbocycles. The van der Waals surface area contributed by atoms with Crippen LogP contribution in [0.25, 0.3) is 0 Å². The van der Waals surface area contributed by atoms with Crippen molar-refractivity contribution in [1.82, 2.24) is 10.3 Å². The van der Waals surface area contributed by atoms with E-state index in [1.807, 2.05) is 0 Å². The summed E-state index contributed by atoms with van der Waals surface area (Å²) >= 11 is 0. The lowest BCUT2D eigenvalue weighted by Crippen LogP contribution is -2.27. The van der Waals surface area contributed by atoms with Gasteiger partial charge in [-0.2, -0.15) is 0 Å². The zero-order valence-electron chi connectivity index (χ0n) is 14.4. The lowest BCUT2D eigenvalue weighted by Gasteiger charge is -2.23. The van der Waals surface area contributed by atoms with Crippen molar-refractivity contribution in [2.45, 2.75) is 60.0 Å². The van der Waals surface area contributed by atoms with E-state index in [0.717, 1.165) is 38.3 Å². The Bertz CT molecular complexity index is 452. The normalized spacial score (nSPS) is 11.0. The summed E-state index contributed by atoms with van der Waals surface area (Å²) < 4.78 is 0. The van der Waals surface area contributed by atoms with E-state index in [0.29, 0.717) is 6.04 Å². The number of aromatic nitrogens is 1. The molecule has 3 nitrogen and oxygen atoms in total. The standard InChI is InChI=1S/C18H31N3/c1-7-9-17-10-16(12-19-15(5)6)11-18(20-17)21(8-2)13-14(3)4/h10-11,15,19H,3,7-9,12-13H2,1-2,4-6H3. The number of nitrogens with zero attached hydrogens (tertiary/aromatic N) is 2. The third-order valence-corrected chi connectivity index (χ3v) is 3.31. The summed E-state index contributed by atoms with van der Waals surface area (Å²) in [4.78, 5) is 7.12. The summed E-state index contributed by atoms with van der Waals surface area (Å²) in [5.41, 5.74) is 3.68. The number of nitrogens with one attached hydrogen (secondary N) is 1. The molecule has 1 aromatic rings. The monoisotopic (exact) mass is 289 g/mol. The van der Waals surface area contributed by atoms with Crippen LogP contribution in [0.5, 0.6) is 0 Å². The maximum atomic E-state index is 4.83. The molecular formula is C18H31N3. The third kappa shape index (κ3) is 6.30. The average Bonchev–Trinajstić information content (AvgIpc) is 2.42. The van der Waals surface area contributed by atoms with Gasteiger partial charge >= 0.3 is 0 Å². The van der Waals surface area contributed by atoms with Gasteiger partial charge in [0.25, 0.3) is 0 Å². The molecule has 0 spiro atoms. The first kappa shape index (κ1) is 17.7. The molecule has 0 aliphatic carbocycles. The van der Waals surface area contributed by atoms with Gasteiger partial charge in [0.2, 0.25) is 0 Å². The van der Waals surface area contributed by atoms with Crippen molar-refractivity contribution in [2.75, 3.05) is 18.0 Å². The summed E-state index contributed by atoms with van der Waals surface area (Å²) in [6, 6.07) is 4.94. The van der Waals surface area contributed by atoms with Crippen LogP contribution in [-0.2, 0) is 13.0 Å². The average molecular weight is 289 g/mol. The van der Waals surface area contributed by atoms with Gasteiger partial charge in [-0.3, -0.25) is 0 Å². The van der Waals surface area contributed by atoms with Crippen molar-refractivity contribution in [1.29, 1.82) is 0 Å². The van der Waals surface area contributed by atoms with Crippen molar-refractivity contribution in [2.24, 2.45) is 0 Å². The number of rotatable bonds is 9. The predicted octanol–water partition coefficient (Wildman–Crippen LogP) is 3.93. The Morgan fingerprint density at radius 2 is 2.05 bits per heavy atom. The molecule has 0 saturated carbocycles. The topological polar surface area (TPSA) is 28.2 Å². The van der Waals surface area contributed by atoms with Gasteiger partial charge in [0, 0.05) is 31.4 Å². The fraction of sp³-hybridized carbons (Fsp3) is 0.611. The molecule has 1 heterocycles. The minimum Gasteiger partial charge on any atom is -0.353 e. The van der Waals surface area contributed by atoms with Gasteiger partial charge in [-0.15, -0.1) is 0 Å². The first-order valence-corrected chi connectivity index (χ1v) is 8.08. The van der Waals surface area contributed by atoms with E-state index in [9.17, 15) is 0 Å². The molecule has 0 amide bonds. The molecule has 0 fully saturated rings. The Hall–Kier alpha value is -1.35. The van der Waals surface area contributed by atoms with E-state index in [1.54, 1.807) is 0 Å². The molecule has 0 unspecified atom stereocenters. The van der Waals surface area contributed by atoms with Crippen LogP contribution in [0.2, 0.25) is 0 Å². The fourth-order valence-corrected chi connectivity index (χ4v) is 2.28. The number of pyridine rings is 1. The highest BCUT2D eigenvalue weighted by Gasteiger charge is 2.09. The largest absolute Gasteiger partial charge is 0.353 e. The first-order chi connectivity index (χ1) is 9.96. The van der Waals surface area contributed by atoms with Crippen molar-refractivity contribution in [3.63, 3.8) is 0 Å². The van der Waals surface area contributed by atoms with Crippen LogP contribution in [0.4, 0.5) is 5.82 Å². The van der Waals surface area contributed by atoms with E-state index in [4.69, 9.17) is 4.98 Å². The molecule has 1 rings (SSSR count). The Labute approximate surface area is 130 Å². The zero-order valence-corrected chi connectivity index (χ0v) is 14.4. The lowest BCUT2D eigenvalue weighted by atomic mass is 10.1. The van der Waals surface area contributed by atoms with Crippen LogP contribution < -0.4 is 10.2 Å². The number of anilines is 1.